The van der Waals surface area contributed by atoms with Gasteiger partial charge in [-0.2, -0.15) is 5.26 Å². The van der Waals surface area contributed by atoms with Gasteiger partial charge in [-0.3, -0.25) is 4.79 Å². The molecule has 0 aliphatic heterocycles. The lowest BCUT2D eigenvalue weighted by Gasteiger charge is -2.31. The average Bonchev–Trinajstić information content (AvgIpc) is 2.97. The summed E-state index contributed by atoms with van der Waals surface area (Å²) >= 11 is 4.82. The maximum absolute atomic E-state index is 11.9. The van der Waals surface area contributed by atoms with E-state index in [1.807, 2.05) is 12.1 Å². The molecule has 23 heavy (non-hydrogen) atoms. The summed E-state index contributed by atoms with van der Waals surface area (Å²) in [6.07, 6.45) is 7.14. The summed E-state index contributed by atoms with van der Waals surface area (Å²) in [5, 5.41) is 12.0. The number of rotatable bonds is 5. The Balaban J connectivity index is 1.78. The highest BCUT2D eigenvalue weighted by molar-refractivity contribution is 9.11. The van der Waals surface area contributed by atoms with E-state index in [-0.39, 0.29) is 6.61 Å². The molecule has 122 valence electrons. The van der Waals surface area contributed by atoms with Crippen molar-refractivity contribution < 1.29 is 14.3 Å². The molecule has 7 heteroatoms. The quantitative estimate of drug-likeness (QED) is 0.610. The number of amides is 1. The maximum Gasteiger partial charge on any atom is 0.331 e. The topological polar surface area (TPSA) is 79.2 Å². The van der Waals surface area contributed by atoms with Gasteiger partial charge in [-0.1, -0.05) is 19.3 Å². The molecular formula is C16H17BrN2O3S. The Morgan fingerprint density at radius 2 is 2.13 bits per heavy atom. The predicted octanol–water partition coefficient (Wildman–Crippen LogP) is 3.41. The first-order valence-corrected chi connectivity index (χ1v) is 8.96. The van der Waals surface area contributed by atoms with Crippen LogP contribution in [0.5, 0.6) is 0 Å². The van der Waals surface area contributed by atoms with Gasteiger partial charge >= 0.3 is 5.97 Å². The third-order valence-electron chi connectivity index (χ3n) is 3.62. The fourth-order valence-corrected chi connectivity index (χ4v) is 3.80. The molecule has 0 saturated heterocycles. The van der Waals surface area contributed by atoms with Crippen LogP contribution in [0, 0.1) is 11.3 Å². The second kappa shape index (κ2) is 8.27. The van der Waals surface area contributed by atoms with Crippen molar-refractivity contribution in [3.63, 3.8) is 0 Å². The number of carbonyl (C=O) groups is 2. The lowest BCUT2D eigenvalue weighted by Crippen LogP contribution is -2.49. The first-order chi connectivity index (χ1) is 11.0. The van der Waals surface area contributed by atoms with E-state index in [0.717, 1.165) is 27.9 Å². The molecule has 0 unspecified atom stereocenters. The van der Waals surface area contributed by atoms with E-state index in [1.54, 1.807) is 6.08 Å². The summed E-state index contributed by atoms with van der Waals surface area (Å²) in [4.78, 5) is 24.4. The zero-order valence-electron chi connectivity index (χ0n) is 12.5. The molecule has 1 N–H and O–H groups in total. The molecule has 1 fully saturated rings. The molecule has 1 saturated carbocycles. The summed E-state index contributed by atoms with van der Waals surface area (Å²) in [7, 11) is 0. The van der Waals surface area contributed by atoms with Gasteiger partial charge in [0.25, 0.3) is 5.91 Å². The van der Waals surface area contributed by atoms with E-state index in [1.165, 1.54) is 17.4 Å². The van der Waals surface area contributed by atoms with Crippen LogP contribution in [0.25, 0.3) is 6.08 Å². The fraction of sp³-hybridized carbons (Fsp3) is 0.438. The summed E-state index contributed by atoms with van der Waals surface area (Å²) in [5.74, 6) is -1.02. The van der Waals surface area contributed by atoms with Gasteiger partial charge < -0.3 is 10.1 Å². The average molecular weight is 397 g/mol. The van der Waals surface area contributed by atoms with Crippen LogP contribution in [-0.4, -0.2) is 24.0 Å². The van der Waals surface area contributed by atoms with Gasteiger partial charge in [0.05, 0.1) is 9.86 Å². The van der Waals surface area contributed by atoms with Crippen LogP contribution in [-0.2, 0) is 14.3 Å². The number of ether oxygens (including phenoxy) is 1. The second-order valence-corrected chi connectivity index (χ2v) is 7.88. The molecule has 1 aromatic rings. The minimum atomic E-state index is -0.805. The van der Waals surface area contributed by atoms with Crippen molar-refractivity contribution in [3.8, 4) is 6.07 Å². The summed E-state index contributed by atoms with van der Waals surface area (Å²) in [5.41, 5.74) is -0.805. The molecule has 0 atom stereocenters. The van der Waals surface area contributed by atoms with Crippen molar-refractivity contribution in [3.05, 3.63) is 26.9 Å². The molecule has 1 aliphatic carbocycles. The highest BCUT2D eigenvalue weighted by atomic mass is 79.9. The molecule has 0 aromatic carbocycles. The van der Waals surface area contributed by atoms with Gasteiger partial charge in [0, 0.05) is 11.0 Å². The van der Waals surface area contributed by atoms with Gasteiger partial charge in [0.2, 0.25) is 0 Å². The minimum absolute atomic E-state index is 0.374. The lowest BCUT2D eigenvalue weighted by molar-refractivity contribution is -0.144. The van der Waals surface area contributed by atoms with Crippen LogP contribution in [0.4, 0.5) is 0 Å². The Morgan fingerprint density at radius 3 is 2.74 bits per heavy atom. The van der Waals surface area contributed by atoms with Gasteiger partial charge in [-0.15, -0.1) is 11.3 Å². The molecule has 0 radical (unpaired) electrons. The molecule has 1 aromatic heterocycles. The van der Waals surface area contributed by atoms with E-state index in [4.69, 9.17) is 4.74 Å². The van der Waals surface area contributed by atoms with Crippen LogP contribution >= 0.6 is 27.3 Å². The molecule has 1 heterocycles. The number of hydrogen-bond acceptors (Lipinski definition) is 5. The molecule has 0 bridgehead atoms. The lowest BCUT2D eigenvalue weighted by atomic mass is 9.83. The normalized spacial score (nSPS) is 16.7. The number of thiophene rings is 1. The molecule has 2 rings (SSSR count). The minimum Gasteiger partial charge on any atom is -0.452 e. The monoisotopic (exact) mass is 396 g/mol. The summed E-state index contributed by atoms with van der Waals surface area (Å²) in [6.45, 7) is -0.374. The largest absolute Gasteiger partial charge is 0.452 e. The number of nitriles is 1. The van der Waals surface area contributed by atoms with Crippen LogP contribution < -0.4 is 5.32 Å². The SMILES string of the molecule is N#CC1(NC(=O)COC(=O)/C=C/c2ccc(Br)s2)CCCCC1. The molecule has 1 amide bonds. The Kier molecular flexibility index (Phi) is 6.37. The van der Waals surface area contributed by atoms with Crippen molar-refractivity contribution in [2.75, 3.05) is 6.61 Å². The highest BCUT2D eigenvalue weighted by Crippen LogP contribution is 2.27. The van der Waals surface area contributed by atoms with Gasteiger partial charge in [-0.25, -0.2) is 4.79 Å². The number of halogens is 1. The molecular weight excluding hydrogens is 380 g/mol. The van der Waals surface area contributed by atoms with Crippen molar-refractivity contribution >= 4 is 45.2 Å². The van der Waals surface area contributed by atoms with Crippen molar-refractivity contribution in [2.24, 2.45) is 0 Å². The number of carbonyl (C=O) groups excluding carboxylic acids is 2. The first kappa shape index (κ1) is 17.7. The zero-order chi connectivity index (χ0) is 16.7. The van der Waals surface area contributed by atoms with Crippen molar-refractivity contribution in [1.82, 2.24) is 5.32 Å². The number of hydrogen-bond donors (Lipinski definition) is 1. The maximum atomic E-state index is 11.9. The van der Waals surface area contributed by atoms with E-state index < -0.39 is 17.4 Å². The summed E-state index contributed by atoms with van der Waals surface area (Å²) < 4.78 is 5.88. The zero-order valence-corrected chi connectivity index (χ0v) is 14.9. The Bertz CT molecular complexity index is 642. The third-order valence-corrected chi connectivity index (χ3v) is 5.21. The Morgan fingerprint density at radius 1 is 1.39 bits per heavy atom. The highest BCUT2D eigenvalue weighted by Gasteiger charge is 2.33. The second-order valence-electron chi connectivity index (χ2n) is 5.39. The summed E-state index contributed by atoms with van der Waals surface area (Å²) in [6, 6.07) is 5.95. The number of nitrogens with one attached hydrogen (secondary N) is 1. The predicted molar refractivity (Wildman–Crippen MR) is 91.6 cm³/mol. The van der Waals surface area contributed by atoms with E-state index >= 15 is 0 Å². The number of esters is 1. The van der Waals surface area contributed by atoms with Gasteiger partial charge in [-0.05, 0) is 47.0 Å². The van der Waals surface area contributed by atoms with E-state index in [9.17, 15) is 14.9 Å². The Labute approximate surface area is 147 Å². The third kappa shape index (κ3) is 5.48. The van der Waals surface area contributed by atoms with Gasteiger partial charge in [0.1, 0.15) is 5.54 Å². The number of nitrogens with zero attached hydrogens (tertiary/aromatic N) is 1. The van der Waals surface area contributed by atoms with E-state index in [2.05, 4.69) is 27.3 Å². The fourth-order valence-electron chi connectivity index (χ4n) is 2.48. The van der Waals surface area contributed by atoms with Crippen molar-refractivity contribution in [1.29, 1.82) is 5.26 Å². The van der Waals surface area contributed by atoms with Crippen LogP contribution in [0.2, 0.25) is 0 Å². The van der Waals surface area contributed by atoms with Crippen LogP contribution in [0.3, 0.4) is 0 Å². The molecule has 5 nitrogen and oxygen atoms in total. The Hall–Kier alpha value is -1.65. The first-order valence-electron chi connectivity index (χ1n) is 7.35. The molecule has 0 spiro atoms. The van der Waals surface area contributed by atoms with Crippen molar-refractivity contribution in [2.45, 2.75) is 37.6 Å². The van der Waals surface area contributed by atoms with Crippen LogP contribution in [0.15, 0.2) is 22.0 Å². The molecule has 1 aliphatic rings. The standard InChI is InChI=1S/C16H17BrN2O3S/c17-13-6-4-12(23-13)5-7-15(21)22-10-14(20)19-16(11-18)8-2-1-3-9-16/h4-7H,1-3,8-10H2,(H,19,20)/b7-5+. The van der Waals surface area contributed by atoms with Gasteiger partial charge in [0.15, 0.2) is 6.61 Å². The van der Waals surface area contributed by atoms with E-state index in [0.29, 0.717) is 12.8 Å². The van der Waals surface area contributed by atoms with Crippen LogP contribution in [0.1, 0.15) is 37.0 Å². The smallest absolute Gasteiger partial charge is 0.331 e.